The highest BCUT2D eigenvalue weighted by Crippen LogP contribution is 2.37. The van der Waals surface area contributed by atoms with Gasteiger partial charge < -0.3 is 24.3 Å². The summed E-state index contributed by atoms with van der Waals surface area (Å²) >= 11 is 6.45. The minimum absolute atomic E-state index is 0.0380. The summed E-state index contributed by atoms with van der Waals surface area (Å²) in [4.78, 5) is 36.3. The van der Waals surface area contributed by atoms with Crippen LogP contribution in [-0.2, 0) is 17.8 Å². The van der Waals surface area contributed by atoms with Gasteiger partial charge in [-0.15, -0.1) is 0 Å². The van der Waals surface area contributed by atoms with Crippen LogP contribution < -0.4 is 14.9 Å². The number of fused-ring (bicyclic) bond motifs is 2. The first-order chi connectivity index (χ1) is 15.9. The van der Waals surface area contributed by atoms with E-state index in [1.165, 1.54) is 0 Å². The lowest BCUT2D eigenvalue weighted by atomic mass is 10.00. The molecule has 0 amide bonds. The number of nitrogens with zero attached hydrogens (tertiary/aromatic N) is 1. The molecule has 0 fully saturated rings. The zero-order chi connectivity index (χ0) is 23.5. The molecule has 1 aromatic heterocycles. The van der Waals surface area contributed by atoms with Crippen LogP contribution in [0.1, 0.15) is 47.3 Å². The molecule has 2 aromatic carbocycles. The van der Waals surface area contributed by atoms with E-state index in [4.69, 9.17) is 26.2 Å². The van der Waals surface area contributed by atoms with E-state index in [2.05, 4.69) is 0 Å². The number of rotatable bonds is 9. The molecule has 0 bridgehead atoms. The number of hydrogen-bond acceptors (Lipinski definition) is 5. The Labute approximate surface area is 193 Å². The van der Waals surface area contributed by atoms with E-state index in [0.717, 1.165) is 0 Å². The molecular weight excluding hydrogens is 450 g/mol. The number of carbonyl (C=O) groups is 2. The molecule has 0 spiro atoms. The summed E-state index contributed by atoms with van der Waals surface area (Å²) in [5.74, 6) is -1.05. The topological polar surface area (TPSA) is 115 Å². The van der Waals surface area contributed by atoms with Crippen molar-refractivity contribution in [2.24, 2.45) is 0 Å². The normalized spacial score (nSPS) is 12.3. The fourth-order valence-corrected chi connectivity index (χ4v) is 4.31. The van der Waals surface area contributed by atoms with Crippen molar-refractivity contribution in [3.8, 4) is 11.5 Å². The average Bonchev–Trinajstić information content (AvgIpc) is 3.23. The molecule has 1 aliphatic rings. The molecule has 2 N–H and O–H groups in total. The maximum absolute atomic E-state index is 13.2. The monoisotopic (exact) mass is 471 g/mol. The van der Waals surface area contributed by atoms with Crippen LogP contribution in [0.4, 0.5) is 0 Å². The molecule has 1 aliphatic heterocycles. The molecule has 2 heterocycles. The summed E-state index contributed by atoms with van der Waals surface area (Å²) in [5.41, 5.74) is 0.904. The Bertz CT molecular complexity index is 1300. The number of ether oxygens (including phenoxy) is 2. The van der Waals surface area contributed by atoms with Gasteiger partial charge in [-0.25, -0.2) is 4.79 Å². The summed E-state index contributed by atoms with van der Waals surface area (Å²) < 4.78 is 12.4. The molecule has 0 aliphatic carbocycles. The third kappa shape index (κ3) is 4.66. The molecule has 0 saturated heterocycles. The van der Waals surface area contributed by atoms with E-state index in [1.54, 1.807) is 41.0 Å². The van der Waals surface area contributed by atoms with Crippen molar-refractivity contribution in [3.63, 3.8) is 0 Å². The van der Waals surface area contributed by atoms with Crippen molar-refractivity contribution in [2.45, 2.75) is 38.6 Å². The first-order valence-corrected chi connectivity index (χ1v) is 10.9. The van der Waals surface area contributed by atoms with Crippen LogP contribution in [0.2, 0.25) is 5.02 Å². The van der Waals surface area contributed by atoms with Gasteiger partial charge in [0.2, 0.25) is 6.79 Å². The average molecular weight is 472 g/mol. The van der Waals surface area contributed by atoms with Crippen molar-refractivity contribution < 1.29 is 29.3 Å². The second-order valence-electron chi connectivity index (χ2n) is 7.82. The molecule has 3 aromatic rings. The Morgan fingerprint density at radius 1 is 1.03 bits per heavy atom. The highest BCUT2D eigenvalue weighted by molar-refractivity contribution is 6.31. The quantitative estimate of drug-likeness (QED) is 0.446. The fraction of sp³-hybridized carbons (Fsp3) is 0.292. The fourth-order valence-electron chi connectivity index (χ4n) is 4.10. The van der Waals surface area contributed by atoms with E-state index in [1.807, 2.05) is 0 Å². The van der Waals surface area contributed by atoms with E-state index in [9.17, 15) is 19.5 Å². The van der Waals surface area contributed by atoms with Gasteiger partial charge in [0, 0.05) is 28.5 Å². The SMILES string of the molecule is O=C(O)CCCCCc1c(C(=O)O)n(Cc2cc3c(cc2Cl)OCO3)c2ccccc2c1=O. The molecule has 0 atom stereocenters. The van der Waals surface area contributed by atoms with Crippen LogP contribution in [0.5, 0.6) is 11.5 Å². The number of benzene rings is 2. The molecule has 0 unspecified atom stereocenters. The number of aliphatic carboxylic acids is 1. The number of pyridine rings is 1. The molecule has 8 nitrogen and oxygen atoms in total. The molecule has 0 saturated carbocycles. The summed E-state index contributed by atoms with van der Waals surface area (Å²) in [5, 5.41) is 19.7. The summed E-state index contributed by atoms with van der Waals surface area (Å²) in [6.45, 7) is 0.201. The summed E-state index contributed by atoms with van der Waals surface area (Å²) in [6.07, 6.45) is 1.82. The highest BCUT2D eigenvalue weighted by Gasteiger charge is 2.23. The second kappa shape index (κ2) is 9.54. The Morgan fingerprint density at radius 3 is 2.48 bits per heavy atom. The third-order valence-electron chi connectivity index (χ3n) is 5.66. The minimum atomic E-state index is -1.21. The van der Waals surface area contributed by atoms with Crippen molar-refractivity contribution in [2.75, 3.05) is 6.79 Å². The molecular formula is C24H22ClNO7. The number of hydrogen-bond donors (Lipinski definition) is 2. The van der Waals surface area contributed by atoms with Gasteiger partial charge in [-0.1, -0.05) is 30.2 Å². The van der Waals surface area contributed by atoms with Crippen LogP contribution in [-0.4, -0.2) is 33.5 Å². The number of carboxylic acid groups (broad SMARTS) is 2. The Morgan fingerprint density at radius 2 is 1.76 bits per heavy atom. The van der Waals surface area contributed by atoms with Crippen LogP contribution in [0.15, 0.2) is 41.2 Å². The van der Waals surface area contributed by atoms with E-state index in [-0.39, 0.29) is 42.9 Å². The zero-order valence-electron chi connectivity index (χ0n) is 17.7. The molecule has 0 radical (unpaired) electrons. The van der Waals surface area contributed by atoms with Crippen molar-refractivity contribution in [3.05, 3.63) is 68.5 Å². The summed E-state index contributed by atoms with van der Waals surface area (Å²) in [6, 6.07) is 10.2. The largest absolute Gasteiger partial charge is 0.481 e. The van der Waals surface area contributed by atoms with Gasteiger partial charge in [0.1, 0.15) is 5.69 Å². The Kier molecular flexibility index (Phi) is 6.55. The Balaban J connectivity index is 1.79. The number of aromatic nitrogens is 1. The first kappa shape index (κ1) is 22.7. The lowest BCUT2D eigenvalue weighted by Gasteiger charge is -2.19. The number of halogens is 1. The number of para-hydroxylation sites is 1. The first-order valence-electron chi connectivity index (χ1n) is 10.5. The van der Waals surface area contributed by atoms with Gasteiger partial charge in [-0.2, -0.15) is 0 Å². The lowest BCUT2D eigenvalue weighted by molar-refractivity contribution is -0.137. The van der Waals surface area contributed by atoms with Gasteiger partial charge in [0.05, 0.1) is 12.1 Å². The van der Waals surface area contributed by atoms with Gasteiger partial charge in [-0.05, 0) is 43.0 Å². The van der Waals surface area contributed by atoms with Gasteiger partial charge >= 0.3 is 11.9 Å². The van der Waals surface area contributed by atoms with E-state index in [0.29, 0.717) is 52.3 Å². The van der Waals surface area contributed by atoms with Gasteiger partial charge in [-0.3, -0.25) is 9.59 Å². The van der Waals surface area contributed by atoms with Crippen molar-refractivity contribution in [1.82, 2.24) is 4.57 Å². The van der Waals surface area contributed by atoms with Crippen LogP contribution in [0, 0.1) is 0 Å². The van der Waals surface area contributed by atoms with E-state index >= 15 is 0 Å². The lowest BCUT2D eigenvalue weighted by Crippen LogP contribution is -2.24. The Hall–Kier alpha value is -3.52. The van der Waals surface area contributed by atoms with Crippen molar-refractivity contribution >= 4 is 34.4 Å². The van der Waals surface area contributed by atoms with Gasteiger partial charge in [0.15, 0.2) is 16.9 Å². The second-order valence-corrected chi connectivity index (χ2v) is 8.22. The van der Waals surface area contributed by atoms with Crippen LogP contribution >= 0.6 is 11.6 Å². The standard InChI is InChI=1S/C24H22ClNO7/c25-17-11-20-19(32-13-33-20)10-14(17)12-26-18-8-5-4-6-15(18)23(29)16(22(26)24(30)31)7-2-1-3-9-21(27)28/h4-6,8,10-11H,1-3,7,9,12-13H2,(H,27,28)(H,30,31). The smallest absolute Gasteiger partial charge is 0.352 e. The molecule has 4 rings (SSSR count). The van der Waals surface area contributed by atoms with Crippen molar-refractivity contribution in [1.29, 1.82) is 0 Å². The maximum atomic E-state index is 13.2. The number of aromatic carboxylic acids is 1. The number of unbranched alkanes of at least 4 members (excludes halogenated alkanes) is 2. The maximum Gasteiger partial charge on any atom is 0.352 e. The predicted octanol–water partition coefficient (Wildman–Crippen LogP) is 4.32. The molecule has 9 heteroatoms. The van der Waals surface area contributed by atoms with E-state index < -0.39 is 11.9 Å². The van der Waals surface area contributed by atoms with Crippen LogP contribution in [0.25, 0.3) is 10.9 Å². The minimum Gasteiger partial charge on any atom is -0.481 e. The number of carboxylic acids is 2. The van der Waals surface area contributed by atoms with Gasteiger partial charge in [0.25, 0.3) is 0 Å². The zero-order valence-corrected chi connectivity index (χ0v) is 18.4. The summed E-state index contributed by atoms with van der Waals surface area (Å²) in [7, 11) is 0. The third-order valence-corrected chi connectivity index (χ3v) is 6.01. The molecule has 172 valence electrons. The van der Waals surface area contributed by atoms with Crippen LogP contribution in [0.3, 0.4) is 0 Å². The predicted molar refractivity (Wildman–Crippen MR) is 122 cm³/mol. The highest BCUT2D eigenvalue weighted by atomic mass is 35.5. The molecule has 33 heavy (non-hydrogen) atoms.